The van der Waals surface area contributed by atoms with Crippen LogP contribution in [0.2, 0.25) is 0 Å². The Balaban J connectivity index is 2.13. The summed E-state index contributed by atoms with van der Waals surface area (Å²) in [5, 5.41) is 10.5. The maximum atomic E-state index is 12.9. The fraction of sp³-hybridized carbons (Fsp3) is 0.407. The Labute approximate surface area is 191 Å². The third-order valence-corrected chi connectivity index (χ3v) is 5.17. The molecule has 0 unspecified atom stereocenters. The van der Waals surface area contributed by atoms with Crippen LogP contribution in [-0.2, 0) is 16.0 Å². The molecule has 0 fully saturated rings. The van der Waals surface area contributed by atoms with Gasteiger partial charge < -0.3 is 14.6 Å². The molecular weight excluding hydrogens is 404 g/mol. The van der Waals surface area contributed by atoms with E-state index in [-0.39, 0.29) is 23.7 Å². The van der Waals surface area contributed by atoms with Crippen molar-refractivity contribution in [1.82, 2.24) is 0 Å². The molecule has 0 aliphatic heterocycles. The molecule has 32 heavy (non-hydrogen) atoms. The van der Waals surface area contributed by atoms with Crippen molar-refractivity contribution in [2.45, 2.75) is 58.8 Å². The van der Waals surface area contributed by atoms with Crippen molar-refractivity contribution in [2.75, 3.05) is 13.2 Å². The highest BCUT2D eigenvalue weighted by molar-refractivity contribution is 6.10. The summed E-state index contributed by atoms with van der Waals surface area (Å²) >= 11 is 0. The van der Waals surface area contributed by atoms with E-state index in [1.54, 1.807) is 37.3 Å². The number of carbonyl (C=O) groups is 2. The highest BCUT2D eigenvalue weighted by Crippen LogP contribution is 2.31. The molecule has 0 aromatic heterocycles. The van der Waals surface area contributed by atoms with E-state index in [4.69, 9.17) is 9.47 Å². The van der Waals surface area contributed by atoms with Crippen LogP contribution < -0.4 is 4.74 Å². The number of benzene rings is 2. The largest absolute Gasteiger partial charge is 0.507 e. The predicted molar refractivity (Wildman–Crippen MR) is 126 cm³/mol. The van der Waals surface area contributed by atoms with Crippen LogP contribution in [-0.4, -0.2) is 30.1 Å². The molecule has 2 rings (SSSR count). The van der Waals surface area contributed by atoms with E-state index in [9.17, 15) is 14.7 Å². The average Bonchev–Trinajstić information content (AvgIpc) is 2.79. The summed E-state index contributed by atoms with van der Waals surface area (Å²) in [6.45, 7) is 8.02. The lowest BCUT2D eigenvalue weighted by atomic mass is 9.98. The van der Waals surface area contributed by atoms with Crippen molar-refractivity contribution in [3.63, 3.8) is 0 Å². The van der Waals surface area contributed by atoms with Gasteiger partial charge in [0.15, 0.2) is 5.78 Å². The van der Waals surface area contributed by atoms with Gasteiger partial charge in [0.05, 0.1) is 18.8 Å². The second-order valence-electron chi connectivity index (χ2n) is 7.95. The smallest absolute Gasteiger partial charge is 0.333 e. The zero-order chi connectivity index (χ0) is 23.3. The van der Waals surface area contributed by atoms with Crippen molar-refractivity contribution < 1.29 is 24.2 Å². The molecule has 2 aromatic rings. The molecule has 5 nitrogen and oxygen atoms in total. The van der Waals surface area contributed by atoms with Crippen molar-refractivity contribution in [1.29, 1.82) is 0 Å². The molecule has 0 spiro atoms. The number of rotatable bonds is 14. The zero-order valence-electron chi connectivity index (χ0n) is 19.2. The molecule has 0 bridgehead atoms. The van der Waals surface area contributed by atoms with Crippen LogP contribution in [0.3, 0.4) is 0 Å². The average molecular weight is 439 g/mol. The zero-order valence-corrected chi connectivity index (χ0v) is 19.2. The lowest BCUT2D eigenvalue weighted by molar-refractivity contribution is -0.138. The minimum absolute atomic E-state index is 0.125. The Morgan fingerprint density at radius 2 is 1.66 bits per heavy atom. The fourth-order valence-corrected chi connectivity index (χ4v) is 3.31. The van der Waals surface area contributed by atoms with Crippen LogP contribution >= 0.6 is 0 Å². The molecule has 0 radical (unpaired) electrons. The number of unbranched alkanes of at least 4 members (excludes halogenated alkanes) is 5. The molecule has 0 heterocycles. The predicted octanol–water partition coefficient (Wildman–Crippen LogP) is 6.02. The summed E-state index contributed by atoms with van der Waals surface area (Å²) < 4.78 is 11.2. The molecule has 0 aliphatic rings. The monoisotopic (exact) mass is 438 g/mol. The summed E-state index contributed by atoms with van der Waals surface area (Å²) in [7, 11) is 0. The van der Waals surface area contributed by atoms with Crippen LogP contribution in [0.4, 0.5) is 0 Å². The number of ether oxygens (including phenoxy) is 2. The first kappa shape index (κ1) is 25.2. The lowest BCUT2D eigenvalue weighted by Gasteiger charge is -2.15. The minimum atomic E-state index is -0.459. The number of phenolic OH excluding ortho intramolecular Hbond substituents is 1. The third-order valence-electron chi connectivity index (χ3n) is 5.17. The molecular formula is C27H34O5. The fourth-order valence-electron chi connectivity index (χ4n) is 3.31. The van der Waals surface area contributed by atoms with Gasteiger partial charge in [0, 0.05) is 23.6 Å². The van der Waals surface area contributed by atoms with Crippen molar-refractivity contribution in [2.24, 2.45) is 0 Å². The Morgan fingerprint density at radius 1 is 0.969 bits per heavy atom. The maximum absolute atomic E-state index is 12.9. The number of carbonyl (C=O) groups excluding carboxylic acids is 2. The van der Waals surface area contributed by atoms with Gasteiger partial charge in [-0.05, 0) is 25.0 Å². The highest BCUT2D eigenvalue weighted by Gasteiger charge is 2.18. The first-order chi connectivity index (χ1) is 15.4. The summed E-state index contributed by atoms with van der Waals surface area (Å²) in [6.07, 6.45) is 7.23. The Kier molecular flexibility index (Phi) is 10.5. The molecule has 1 N–H and O–H groups in total. The van der Waals surface area contributed by atoms with Gasteiger partial charge in [-0.1, -0.05) is 75.9 Å². The van der Waals surface area contributed by atoms with E-state index in [2.05, 4.69) is 13.5 Å². The molecule has 0 saturated carbocycles. The van der Waals surface area contributed by atoms with Gasteiger partial charge in [-0.2, -0.15) is 0 Å². The van der Waals surface area contributed by atoms with Gasteiger partial charge >= 0.3 is 5.97 Å². The van der Waals surface area contributed by atoms with E-state index >= 15 is 0 Å². The Morgan fingerprint density at radius 3 is 2.34 bits per heavy atom. The van der Waals surface area contributed by atoms with Crippen LogP contribution in [0.1, 0.15) is 73.9 Å². The Hall–Kier alpha value is -3.08. The third kappa shape index (κ3) is 7.88. The van der Waals surface area contributed by atoms with Crippen molar-refractivity contribution in [3.8, 4) is 11.5 Å². The van der Waals surface area contributed by atoms with E-state index in [1.807, 2.05) is 6.07 Å². The normalized spacial score (nSPS) is 10.6. The molecule has 2 aromatic carbocycles. The van der Waals surface area contributed by atoms with Gasteiger partial charge in [0.25, 0.3) is 0 Å². The summed E-state index contributed by atoms with van der Waals surface area (Å²) in [4.78, 5) is 24.6. The topological polar surface area (TPSA) is 72.8 Å². The molecule has 5 heteroatoms. The number of ketones is 1. The van der Waals surface area contributed by atoms with E-state index < -0.39 is 5.97 Å². The first-order valence-corrected chi connectivity index (χ1v) is 11.3. The standard InChI is InChI=1S/C27H34O5/c1-4-5-6-7-8-12-16-31-25-19-24(28)23(26(29)21-13-10-9-11-14-21)18-22(25)15-17-32-27(30)20(2)3/h9-11,13-14,18-19,28H,2,4-8,12,15-17H2,1,3H3. The highest BCUT2D eigenvalue weighted by atomic mass is 16.5. The maximum Gasteiger partial charge on any atom is 0.333 e. The molecule has 172 valence electrons. The van der Waals surface area contributed by atoms with Crippen LogP contribution in [0.5, 0.6) is 11.5 Å². The first-order valence-electron chi connectivity index (χ1n) is 11.3. The van der Waals surface area contributed by atoms with Crippen LogP contribution in [0.15, 0.2) is 54.6 Å². The van der Waals surface area contributed by atoms with Crippen molar-refractivity contribution >= 4 is 11.8 Å². The SMILES string of the molecule is C=C(C)C(=O)OCCc1cc(C(=O)c2ccccc2)c(O)cc1OCCCCCCCC. The summed E-state index contributed by atoms with van der Waals surface area (Å²) in [5.41, 5.74) is 1.73. The van der Waals surface area contributed by atoms with Gasteiger partial charge in [-0.3, -0.25) is 4.79 Å². The number of hydrogen-bond donors (Lipinski definition) is 1. The minimum Gasteiger partial charge on any atom is -0.507 e. The molecule has 0 saturated heterocycles. The second-order valence-corrected chi connectivity index (χ2v) is 7.95. The van der Waals surface area contributed by atoms with Gasteiger partial charge in [0.2, 0.25) is 0 Å². The van der Waals surface area contributed by atoms with Gasteiger partial charge in [-0.25, -0.2) is 4.79 Å². The van der Waals surface area contributed by atoms with E-state index in [1.165, 1.54) is 31.7 Å². The van der Waals surface area contributed by atoms with Gasteiger partial charge in [-0.15, -0.1) is 0 Å². The lowest BCUT2D eigenvalue weighted by Crippen LogP contribution is -2.10. The quantitative estimate of drug-likeness (QED) is 0.169. The number of phenols is 1. The second kappa shape index (κ2) is 13.4. The van der Waals surface area contributed by atoms with E-state index in [0.717, 1.165) is 12.8 Å². The molecule has 0 aliphatic carbocycles. The Bertz CT molecular complexity index is 902. The molecule has 0 amide bonds. The van der Waals surface area contributed by atoms with E-state index in [0.29, 0.717) is 35.5 Å². The summed E-state index contributed by atoms with van der Waals surface area (Å²) in [5.74, 6) is -0.351. The van der Waals surface area contributed by atoms with Crippen LogP contribution in [0, 0.1) is 0 Å². The summed E-state index contributed by atoms with van der Waals surface area (Å²) in [6, 6.07) is 11.9. The van der Waals surface area contributed by atoms with Crippen molar-refractivity contribution in [3.05, 3.63) is 71.3 Å². The molecule has 0 atom stereocenters. The number of aromatic hydroxyl groups is 1. The van der Waals surface area contributed by atoms with Gasteiger partial charge in [0.1, 0.15) is 11.5 Å². The number of hydrogen-bond acceptors (Lipinski definition) is 5. The van der Waals surface area contributed by atoms with Crippen LogP contribution in [0.25, 0.3) is 0 Å². The number of esters is 1.